The molecule has 0 amide bonds. The van der Waals surface area contributed by atoms with Crippen molar-refractivity contribution >= 4 is 10.0 Å². The van der Waals surface area contributed by atoms with Gasteiger partial charge in [-0.25, -0.2) is 18.1 Å². The van der Waals surface area contributed by atoms with E-state index < -0.39 is 10.0 Å². The number of hydrogen-bond donors (Lipinski definition) is 2. The Balaban J connectivity index is 2.07. The van der Waals surface area contributed by atoms with Crippen molar-refractivity contribution in [2.75, 3.05) is 0 Å². The van der Waals surface area contributed by atoms with E-state index in [2.05, 4.69) is 24.9 Å². The average Bonchev–Trinajstić information content (AvgIpc) is 2.82. The summed E-state index contributed by atoms with van der Waals surface area (Å²) in [6.07, 6.45) is 4.06. The van der Waals surface area contributed by atoms with Crippen molar-refractivity contribution in [2.24, 2.45) is 0 Å². The van der Waals surface area contributed by atoms with Gasteiger partial charge < -0.3 is 4.98 Å². The number of imidazole rings is 1. The van der Waals surface area contributed by atoms with E-state index in [1.807, 2.05) is 0 Å². The third kappa shape index (κ3) is 2.41. The molecule has 84 valence electrons. The first-order valence-electron chi connectivity index (χ1n) is 4.43. The van der Waals surface area contributed by atoms with Gasteiger partial charge in [0.1, 0.15) is 0 Å². The van der Waals surface area contributed by atoms with Crippen LogP contribution in [0.15, 0.2) is 35.9 Å². The fraction of sp³-hybridized carbons (Fsp3) is 0.125. The lowest BCUT2D eigenvalue weighted by Gasteiger charge is -2.02. The minimum absolute atomic E-state index is 0.0244. The number of nitrogens with zero attached hydrogens (tertiary/aromatic N) is 3. The Kier molecular flexibility index (Phi) is 2.93. The third-order valence-corrected chi connectivity index (χ3v) is 3.16. The minimum Gasteiger partial charge on any atom is -0.335 e. The van der Waals surface area contributed by atoms with Crippen LogP contribution in [0.2, 0.25) is 0 Å². The first kappa shape index (κ1) is 10.7. The summed E-state index contributed by atoms with van der Waals surface area (Å²) in [5, 5.41) is 7.43. The molecule has 0 aromatic carbocycles. The number of aromatic amines is 1. The van der Waals surface area contributed by atoms with Gasteiger partial charge in [0.2, 0.25) is 0 Å². The maximum absolute atomic E-state index is 11.6. The van der Waals surface area contributed by atoms with Crippen LogP contribution in [0.5, 0.6) is 0 Å². The van der Waals surface area contributed by atoms with E-state index >= 15 is 0 Å². The van der Waals surface area contributed by atoms with E-state index in [-0.39, 0.29) is 11.6 Å². The van der Waals surface area contributed by atoms with Gasteiger partial charge in [0, 0.05) is 6.20 Å². The monoisotopic (exact) mass is 239 g/mol. The second kappa shape index (κ2) is 4.37. The van der Waals surface area contributed by atoms with Crippen molar-refractivity contribution in [3.8, 4) is 0 Å². The second-order valence-corrected chi connectivity index (χ2v) is 4.69. The summed E-state index contributed by atoms with van der Waals surface area (Å²) < 4.78 is 25.6. The first-order chi connectivity index (χ1) is 7.68. The predicted molar refractivity (Wildman–Crippen MR) is 54.6 cm³/mol. The summed E-state index contributed by atoms with van der Waals surface area (Å²) in [6.45, 7) is 0.0925. The van der Waals surface area contributed by atoms with Crippen LogP contribution in [0.25, 0.3) is 0 Å². The topological polar surface area (TPSA) is 101 Å². The van der Waals surface area contributed by atoms with Gasteiger partial charge >= 0.3 is 0 Å². The molecule has 0 radical (unpaired) electrons. The van der Waals surface area contributed by atoms with Gasteiger partial charge in [-0.2, -0.15) is 10.2 Å². The highest BCUT2D eigenvalue weighted by atomic mass is 32.2. The van der Waals surface area contributed by atoms with Crippen LogP contribution in [0.1, 0.15) is 5.69 Å². The first-order valence-corrected chi connectivity index (χ1v) is 5.91. The van der Waals surface area contributed by atoms with Crippen LogP contribution in [-0.2, 0) is 16.6 Å². The Labute approximate surface area is 92.0 Å². The Bertz CT molecular complexity index is 537. The lowest BCUT2D eigenvalue weighted by molar-refractivity contribution is 0.576. The van der Waals surface area contributed by atoms with Crippen molar-refractivity contribution in [1.82, 2.24) is 24.9 Å². The highest BCUT2D eigenvalue weighted by molar-refractivity contribution is 7.89. The van der Waals surface area contributed by atoms with Gasteiger partial charge in [-0.1, -0.05) is 0 Å². The molecule has 2 heterocycles. The van der Waals surface area contributed by atoms with Crippen molar-refractivity contribution in [3.63, 3.8) is 0 Å². The normalized spacial score (nSPS) is 11.5. The van der Waals surface area contributed by atoms with Crippen LogP contribution >= 0.6 is 0 Å². The van der Waals surface area contributed by atoms with Crippen molar-refractivity contribution < 1.29 is 8.42 Å². The zero-order valence-corrected chi connectivity index (χ0v) is 8.98. The predicted octanol–water partition coefficient (Wildman–Crippen LogP) is -0.322. The molecular weight excluding hydrogens is 230 g/mol. The number of sulfonamides is 1. The van der Waals surface area contributed by atoms with Crippen molar-refractivity contribution in [3.05, 3.63) is 36.5 Å². The highest BCUT2D eigenvalue weighted by Crippen LogP contribution is 2.02. The lowest BCUT2D eigenvalue weighted by Crippen LogP contribution is -2.24. The lowest BCUT2D eigenvalue weighted by atomic mass is 10.4. The minimum atomic E-state index is -3.55. The van der Waals surface area contributed by atoms with Crippen LogP contribution in [0, 0.1) is 0 Å². The molecule has 2 aromatic rings. The van der Waals surface area contributed by atoms with Gasteiger partial charge in [0.15, 0.2) is 5.03 Å². The number of H-pyrrole nitrogens is 1. The number of hydrogen-bond acceptors (Lipinski definition) is 5. The Morgan fingerprint density at radius 1 is 1.44 bits per heavy atom. The summed E-state index contributed by atoms with van der Waals surface area (Å²) in [7, 11) is -3.55. The molecule has 2 N–H and O–H groups in total. The molecule has 7 nitrogen and oxygen atoms in total. The molecule has 0 aliphatic carbocycles. The SMILES string of the molecule is O=S(=O)(NCc1cccnn1)c1cnc[nH]1. The molecule has 8 heteroatoms. The van der Waals surface area contributed by atoms with E-state index in [1.54, 1.807) is 12.1 Å². The Hall–Kier alpha value is -1.80. The maximum Gasteiger partial charge on any atom is 0.257 e. The number of aromatic nitrogens is 4. The van der Waals surface area contributed by atoms with Crippen LogP contribution in [0.3, 0.4) is 0 Å². The molecule has 0 unspecified atom stereocenters. The Morgan fingerprint density at radius 2 is 2.31 bits per heavy atom. The summed E-state index contributed by atoms with van der Waals surface area (Å²) in [5.41, 5.74) is 0.547. The molecule has 2 aromatic heterocycles. The maximum atomic E-state index is 11.6. The quantitative estimate of drug-likeness (QED) is 0.761. The highest BCUT2D eigenvalue weighted by Gasteiger charge is 2.14. The standard InChI is InChI=1S/C8H9N5O2S/c14-16(15,8-5-9-6-10-8)12-4-7-2-1-3-11-13-7/h1-3,5-6,12H,4H2,(H,9,10). The second-order valence-electron chi connectivity index (χ2n) is 2.96. The molecule has 0 bridgehead atoms. The molecule has 2 rings (SSSR count). The molecule has 0 spiro atoms. The Morgan fingerprint density at radius 3 is 2.94 bits per heavy atom. The summed E-state index contributed by atoms with van der Waals surface area (Å²) in [5.74, 6) is 0. The molecule has 0 aliphatic rings. The summed E-state index contributed by atoms with van der Waals surface area (Å²) >= 11 is 0. The van der Waals surface area contributed by atoms with E-state index in [0.717, 1.165) is 0 Å². The number of rotatable bonds is 4. The van der Waals surface area contributed by atoms with E-state index in [1.165, 1.54) is 18.7 Å². The van der Waals surface area contributed by atoms with Gasteiger partial charge in [-0.15, -0.1) is 0 Å². The summed E-state index contributed by atoms with van der Waals surface area (Å²) in [4.78, 5) is 6.16. The largest absolute Gasteiger partial charge is 0.335 e. The van der Waals surface area contributed by atoms with E-state index in [9.17, 15) is 8.42 Å². The van der Waals surface area contributed by atoms with Gasteiger partial charge in [0.05, 0.1) is 24.8 Å². The third-order valence-electron chi connectivity index (χ3n) is 1.83. The molecule has 0 fully saturated rings. The molecule has 0 atom stereocenters. The molecule has 0 aliphatic heterocycles. The van der Waals surface area contributed by atoms with Crippen molar-refractivity contribution in [1.29, 1.82) is 0 Å². The number of nitrogens with one attached hydrogen (secondary N) is 2. The van der Waals surface area contributed by atoms with Gasteiger partial charge in [0.25, 0.3) is 10.0 Å². The van der Waals surface area contributed by atoms with Crippen LogP contribution in [-0.4, -0.2) is 28.6 Å². The van der Waals surface area contributed by atoms with Crippen LogP contribution in [0.4, 0.5) is 0 Å². The summed E-state index contributed by atoms with van der Waals surface area (Å²) in [6, 6.07) is 3.37. The average molecular weight is 239 g/mol. The fourth-order valence-electron chi connectivity index (χ4n) is 1.06. The smallest absolute Gasteiger partial charge is 0.257 e. The molecule has 16 heavy (non-hydrogen) atoms. The van der Waals surface area contributed by atoms with Gasteiger partial charge in [-0.05, 0) is 12.1 Å². The van der Waals surface area contributed by atoms with Gasteiger partial charge in [-0.3, -0.25) is 0 Å². The van der Waals surface area contributed by atoms with Crippen LogP contribution < -0.4 is 4.72 Å². The molecular formula is C8H9N5O2S. The van der Waals surface area contributed by atoms with E-state index in [0.29, 0.717) is 5.69 Å². The molecule has 0 saturated heterocycles. The van der Waals surface area contributed by atoms with Crippen molar-refractivity contribution in [2.45, 2.75) is 11.6 Å². The zero-order chi connectivity index (χ0) is 11.4. The fourth-order valence-corrected chi connectivity index (χ4v) is 1.97. The molecule has 0 saturated carbocycles. The van der Waals surface area contributed by atoms with E-state index in [4.69, 9.17) is 0 Å². The zero-order valence-electron chi connectivity index (χ0n) is 8.16.